The van der Waals surface area contributed by atoms with Crippen LogP contribution in [0.25, 0.3) is 11.4 Å². The van der Waals surface area contributed by atoms with Gasteiger partial charge in [0.2, 0.25) is 0 Å². The summed E-state index contributed by atoms with van der Waals surface area (Å²) in [5, 5.41) is 4.54. The van der Waals surface area contributed by atoms with Crippen molar-refractivity contribution in [2.45, 2.75) is 34.7 Å². The molecule has 98 valence electrons. The monoisotopic (exact) mass is 263 g/mol. The Morgan fingerprint density at radius 3 is 2.50 bits per heavy atom. The van der Waals surface area contributed by atoms with Crippen molar-refractivity contribution in [1.82, 2.24) is 14.3 Å². The van der Waals surface area contributed by atoms with E-state index in [-0.39, 0.29) is 7.43 Å². The molecule has 0 fully saturated rings. The summed E-state index contributed by atoms with van der Waals surface area (Å²) in [7, 11) is 2.00. The lowest BCUT2D eigenvalue weighted by molar-refractivity contribution is 0.660. The number of nitrogens with zero attached hydrogens (tertiary/aromatic N) is 3. The van der Waals surface area contributed by atoms with Crippen LogP contribution in [-0.4, -0.2) is 14.3 Å². The van der Waals surface area contributed by atoms with Gasteiger partial charge in [-0.15, -0.1) is 0 Å². The molecule has 2 rings (SSSR count). The summed E-state index contributed by atoms with van der Waals surface area (Å²) in [6.07, 6.45) is 2.00. The number of pyridine rings is 1. The van der Waals surface area contributed by atoms with E-state index < -0.39 is 0 Å². The molecule has 0 saturated heterocycles. The van der Waals surface area contributed by atoms with Crippen LogP contribution in [0, 0.1) is 18.5 Å². The Morgan fingerprint density at radius 2 is 1.94 bits per heavy atom. The Balaban J connectivity index is 0.00000162. The van der Waals surface area contributed by atoms with Crippen molar-refractivity contribution in [3.05, 3.63) is 34.1 Å². The molecule has 0 amide bonds. The maximum absolute atomic E-state index is 5.41. The Bertz CT molecular complexity index is 608. The number of aryl methyl sites for hydroxylation is 3. The quantitative estimate of drug-likeness (QED) is 0.767. The second-order valence-corrected chi connectivity index (χ2v) is 4.67. The molecule has 2 aromatic rings. The standard InChI is InChI=1S/C13H17N3S.CH4/c1-5-16-7-6-11(14-16)12-9(2)8-10(3)13(17)15(12)4;/h6-8H,5H2,1-4H3;1H4. The predicted octanol–water partition coefficient (Wildman–Crippen LogP) is 3.89. The molecule has 0 spiro atoms. The highest BCUT2D eigenvalue weighted by molar-refractivity contribution is 7.71. The molecular formula is C14H21N3S. The number of hydrogen-bond donors (Lipinski definition) is 0. The molecule has 0 atom stereocenters. The van der Waals surface area contributed by atoms with E-state index in [1.165, 1.54) is 5.56 Å². The molecule has 0 aromatic carbocycles. The summed E-state index contributed by atoms with van der Waals surface area (Å²) in [5.74, 6) is 0. The second-order valence-electron chi connectivity index (χ2n) is 4.28. The fourth-order valence-corrected chi connectivity index (χ4v) is 2.27. The van der Waals surface area contributed by atoms with E-state index in [1.807, 2.05) is 35.5 Å². The Morgan fingerprint density at radius 1 is 1.28 bits per heavy atom. The molecule has 2 heterocycles. The fraction of sp³-hybridized carbons (Fsp3) is 0.429. The highest BCUT2D eigenvalue weighted by Crippen LogP contribution is 2.22. The van der Waals surface area contributed by atoms with Crippen molar-refractivity contribution in [2.75, 3.05) is 0 Å². The number of rotatable bonds is 2. The van der Waals surface area contributed by atoms with Gasteiger partial charge in [-0.2, -0.15) is 5.10 Å². The maximum Gasteiger partial charge on any atom is 0.109 e. The molecule has 0 radical (unpaired) electrons. The van der Waals surface area contributed by atoms with Crippen LogP contribution in [0.2, 0.25) is 0 Å². The zero-order chi connectivity index (χ0) is 12.6. The zero-order valence-electron chi connectivity index (χ0n) is 10.7. The van der Waals surface area contributed by atoms with Gasteiger partial charge in [-0.3, -0.25) is 4.68 Å². The average Bonchev–Trinajstić information content (AvgIpc) is 2.74. The van der Waals surface area contributed by atoms with Crippen LogP contribution in [0.4, 0.5) is 0 Å². The third-order valence-corrected chi connectivity index (χ3v) is 3.59. The minimum Gasteiger partial charge on any atom is -0.333 e. The van der Waals surface area contributed by atoms with Crippen LogP contribution in [0.15, 0.2) is 18.3 Å². The van der Waals surface area contributed by atoms with Crippen LogP contribution in [0.3, 0.4) is 0 Å². The van der Waals surface area contributed by atoms with Crippen LogP contribution in [-0.2, 0) is 13.6 Å². The maximum atomic E-state index is 5.41. The van der Waals surface area contributed by atoms with Gasteiger partial charge in [0.1, 0.15) is 10.3 Å². The van der Waals surface area contributed by atoms with Crippen molar-refractivity contribution in [1.29, 1.82) is 0 Å². The molecule has 0 saturated carbocycles. The van der Waals surface area contributed by atoms with Crippen molar-refractivity contribution in [2.24, 2.45) is 7.05 Å². The van der Waals surface area contributed by atoms with Gasteiger partial charge in [-0.05, 0) is 38.0 Å². The third-order valence-electron chi connectivity index (χ3n) is 2.99. The molecule has 0 aliphatic rings. The van der Waals surface area contributed by atoms with E-state index in [2.05, 4.69) is 25.0 Å². The second kappa shape index (κ2) is 5.48. The van der Waals surface area contributed by atoms with Crippen LogP contribution >= 0.6 is 12.2 Å². The Labute approximate surface area is 114 Å². The van der Waals surface area contributed by atoms with E-state index in [1.54, 1.807) is 0 Å². The summed E-state index contributed by atoms with van der Waals surface area (Å²) in [4.78, 5) is 0. The van der Waals surface area contributed by atoms with Crippen LogP contribution in [0.5, 0.6) is 0 Å². The van der Waals surface area contributed by atoms with Gasteiger partial charge in [0, 0.05) is 19.8 Å². The van der Waals surface area contributed by atoms with Crippen molar-refractivity contribution < 1.29 is 0 Å². The summed E-state index contributed by atoms with van der Waals surface area (Å²) in [6.45, 7) is 7.11. The first-order chi connectivity index (χ1) is 8.04. The van der Waals surface area contributed by atoms with Gasteiger partial charge >= 0.3 is 0 Å². The van der Waals surface area contributed by atoms with Gasteiger partial charge in [0.15, 0.2) is 0 Å². The average molecular weight is 263 g/mol. The lowest BCUT2D eigenvalue weighted by Crippen LogP contribution is -2.04. The van der Waals surface area contributed by atoms with E-state index in [9.17, 15) is 0 Å². The Hall–Kier alpha value is -1.42. The molecule has 0 bridgehead atoms. The molecule has 0 aliphatic carbocycles. The SMILES string of the molecule is C.CCn1ccc(-c2c(C)cc(C)c(=S)n2C)n1. The van der Waals surface area contributed by atoms with E-state index in [4.69, 9.17) is 12.2 Å². The Kier molecular flexibility index (Phi) is 4.46. The van der Waals surface area contributed by atoms with E-state index >= 15 is 0 Å². The molecule has 18 heavy (non-hydrogen) atoms. The van der Waals surface area contributed by atoms with E-state index in [0.717, 1.165) is 28.1 Å². The summed E-state index contributed by atoms with van der Waals surface area (Å²) in [5.41, 5.74) is 4.43. The molecule has 0 aliphatic heterocycles. The lowest BCUT2D eigenvalue weighted by atomic mass is 10.1. The first-order valence-electron chi connectivity index (χ1n) is 5.75. The first-order valence-corrected chi connectivity index (χ1v) is 6.16. The smallest absolute Gasteiger partial charge is 0.109 e. The van der Waals surface area contributed by atoms with Crippen LogP contribution < -0.4 is 0 Å². The number of aromatic nitrogens is 3. The first kappa shape index (κ1) is 14.6. The molecule has 2 aromatic heterocycles. The van der Waals surface area contributed by atoms with Crippen molar-refractivity contribution in [3.63, 3.8) is 0 Å². The molecular weight excluding hydrogens is 242 g/mol. The van der Waals surface area contributed by atoms with Crippen molar-refractivity contribution in [3.8, 4) is 11.4 Å². The number of hydrogen-bond acceptors (Lipinski definition) is 2. The third kappa shape index (κ3) is 2.38. The van der Waals surface area contributed by atoms with Gasteiger partial charge in [-0.1, -0.05) is 25.7 Å². The summed E-state index contributed by atoms with van der Waals surface area (Å²) >= 11 is 5.41. The zero-order valence-corrected chi connectivity index (χ0v) is 11.5. The lowest BCUT2D eigenvalue weighted by Gasteiger charge is -2.12. The topological polar surface area (TPSA) is 22.8 Å². The minimum absolute atomic E-state index is 0. The largest absolute Gasteiger partial charge is 0.333 e. The highest BCUT2D eigenvalue weighted by Gasteiger charge is 2.10. The minimum atomic E-state index is 0. The molecule has 3 nitrogen and oxygen atoms in total. The van der Waals surface area contributed by atoms with Crippen LogP contribution in [0.1, 0.15) is 25.5 Å². The molecule has 0 N–H and O–H groups in total. The fourth-order valence-electron chi connectivity index (χ4n) is 2.12. The van der Waals surface area contributed by atoms with Gasteiger partial charge < -0.3 is 4.57 Å². The molecule has 4 heteroatoms. The van der Waals surface area contributed by atoms with Gasteiger partial charge in [0.25, 0.3) is 0 Å². The summed E-state index contributed by atoms with van der Waals surface area (Å²) < 4.78 is 4.84. The summed E-state index contributed by atoms with van der Waals surface area (Å²) in [6, 6.07) is 4.17. The van der Waals surface area contributed by atoms with Gasteiger partial charge in [0.05, 0.1) is 5.69 Å². The normalized spacial score (nSPS) is 10.2. The van der Waals surface area contributed by atoms with E-state index in [0.29, 0.717) is 0 Å². The van der Waals surface area contributed by atoms with Crippen molar-refractivity contribution >= 4 is 12.2 Å². The molecule has 0 unspecified atom stereocenters. The van der Waals surface area contributed by atoms with Gasteiger partial charge in [-0.25, -0.2) is 0 Å². The highest BCUT2D eigenvalue weighted by atomic mass is 32.1. The predicted molar refractivity (Wildman–Crippen MR) is 79.3 cm³/mol.